The quantitative estimate of drug-likeness (QED) is 0.0160. The van der Waals surface area contributed by atoms with E-state index in [9.17, 15) is 78.0 Å². The van der Waals surface area contributed by atoms with Crippen LogP contribution in [0.2, 0.25) is 0 Å². The molecule has 420 valence electrons. The monoisotopic (exact) mass is 1060 g/mol. The first-order valence-electron chi connectivity index (χ1n) is 24.2. The zero-order valence-electron chi connectivity index (χ0n) is 43.2. The molecule has 11 atom stereocenters. The van der Waals surface area contributed by atoms with Crippen molar-refractivity contribution in [2.75, 3.05) is 6.54 Å². The van der Waals surface area contributed by atoms with Gasteiger partial charge in [-0.2, -0.15) is 0 Å². The Balaban J connectivity index is 6.70. The molecule has 0 unspecified atom stereocenters. The summed E-state index contributed by atoms with van der Waals surface area (Å²) in [6.45, 7) is 12.1. The van der Waals surface area contributed by atoms with Crippen molar-refractivity contribution in [3.63, 3.8) is 0 Å². The Hall–Kier alpha value is -7.17. The van der Waals surface area contributed by atoms with Crippen molar-refractivity contribution in [1.82, 2.24) is 42.5 Å². The van der Waals surface area contributed by atoms with E-state index in [0.717, 1.165) is 6.92 Å². The fraction of sp³-hybridized carbons (Fsp3) is 0.711. The number of carboxylic acid groups (broad SMARTS) is 3. The lowest BCUT2D eigenvalue weighted by atomic mass is 9.97. The molecular weight excluding hydrogens is 979 g/mol. The van der Waals surface area contributed by atoms with Crippen LogP contribution in [0.1, 0.15) is 120 Å². The van der Waals surface area contributed by atoms with Crippen LogP contribution in [-0.4, -0.2) is 164 Å². The Kier molecular flexibility index (Phi) is 30.3. The highest BCUT2D eigenvalue weighted by Crippen LogP contribution is 2.13. The molecule has 0 aromatic carbocycles. The van der Waals surface area contributed by atoms with Gasteiger partial charge in [0.25, 0.3) is 0 Å². The highest BCUT2D eigenvalue weighted by molar-refractivity contribution is 5.98. The van der Waals surface area contributed by atoms with Crippen molar-refractivity contribution in [1.29, 1.82) is 0 Å². The van der Waals surface area contributed by atoms with Crippen LogP contribution in [0.4, 0.5) is 0 Å². The van der Waals surface area contributed by atoms with Crippen LogP contribution >= 0.6 is 0 Å². The molecule has 0 saturated heterocycles. The molecule has 29 heteroatoms. The van der Waals surface area contributed by atoms with Crippen LogP contribution in [0, 0.1) is 17.8 Å². The number of nitrogens with two attached hydrogens (primary N) is 4. The summed E-state index contributed by atoms with van der Waals surface area (Å²) in [5, 5.41) is 58.4. The minimum Gasteiger partial charge on any atom is -0.481 e. The molecule has 0 aromatic rings. The fourth-order valence-corrected chi connectivity index (χ4v) is 6.84. The summed E-state index contributed by atoms with van der Waals surface area (Å²) >= 11 is 0. The van der Waals surface area contributed by atoms with Crippen LogP contribution < -0.4 is 65.5 Å². The third-order valence-corrected chi connectivity index (χ3v) is 11.4. The summed E-state index contributed by atoms with van der Waals surface area (Å²) in [4.78, 5) is 159. The van der Waals surface area contributed by atoms with Crippen LogP contribution in [0.5, 0.6) is 0 Å². The zero-order chi connectivity index (χ0) is 57.2. The molecule has 20 N–H and O–H groups in total. The fourth-order valence-electron chi connectivity index (χ4n) is 6.84. The van der Waals surface area contributed by atoms with Crippen molar-refractivity contribution >= 4 is 77.0 Å². The number of aliphatic hydroxyl groups is 1. The van der Waals surface area contributed by atoms with Gasteiger partial charge in [0.05, 0.1) is 12.1 Å². The average molecular weight is 1060 g/mol. The van der Waals surface area contributed by atoms with E-state index in [2.05, 4.69) is 47.5 Å². The number of nitrogens with one attached hydrogen (secondary N) is 8. The number of carbonyl (C=O) groups is 12. The lowest BCUT2D eigenvalue weighted by molar-refractivity contribution is -0.143. The van der Waals surface area contributed by atoms with Gasteiger partial charge in [0.2, 0.25) is 53.2 Å². The Morgan fingerprint density at radius 3 is 1.36 bits per heavy atom. The molecule has 0 saturated carbocycles. The first-order chi connectivity index (χ1) is 34.3. The number of rotatable bonds is 36. The normalized spacial score (nSPS) is 15.6. The second kappa shape index (κ2) is 33.5. The highest BCUT2D eigenvalue weighted by atomic mass is 16.4. The number of carboxylic acids is 3. The first kappa shape index (κ1) is 66.8. The summed E-state index contributed by atoms with van der Waals surface area (Å²) < 4.78 is 0. The minimum absolute atomic E-state index is 0.00103. The van der Waals surface area contributed by atoms with Crippen LogP contribution in [0.3, 0.4) is 0 Å². The van der Waals surface area contributed by atoms with E-state index < -0.39 is 169 Å². The Labute approximate surface area is 429 Å². The molecule has 0 rings (SSSR count). The number of hydrogen-bond acceptors (Lipinski definition) is 15. The molecule has 0 aliphatic carbocycles. The lowest BCUT2D eigenvalue weighted by Gasteiger charge is -2.30. The summed E-state index contributed by atoms with van der Waals surface area (Å²) in [5.74, 6) is -14.6. The van der Waals surface area contributed by atoms with Crippen molar-refractivity contribution in [3.05, 3.63) is 0 Å². The largest absolute Gasteiger partial charge is 0.481 e. The van der Waals surface area contributed by atoms with Crippen molar-refractivity contribution in [2.24, 2.45) is 45.7 Å². The molecule has 9 amide bonds. The van der Waals surface area contributed by atoms with Crippen molar-refractivity contribution < 1.29 is 78.0 Å². The maximum Gasteiger partial charge on any atom is 0.326 e. The number of aliphatic imine (C=N–C) groups is 1. The zero-order valence-corrected chi connectivity index (χ0v) is 43.2. The van der Waals surface area contributed by atoms with Gasteiger partial charge in [-0.3, -0.25) is 57.7 Å². The molecule has 0 aliphatic heterocycles. The topological polar surface area (TPSA) is 498 Å². The van der Waals surface area contributed by atoms with Gasteiger partial charge in [-0.1, -0.05) is 48.0 Å². The SMILES string of the molecule is CC[C@H](C)[C@H](NC(=O)[C@H](C)NC(=O)[C@@H](N)CCC(N)=O)C(=O)N[C@@H](CCCN=C(N)N)C(=O)N[C@@H](CCC(=O)O)C(=O)N[C@H](C(=O)N[C@H](C(=O)N[C@@H](CCC(=O)O)C(=O)N[C@@H](CC(C)C)C(=O)O)C(C)C)[C@@H](C)O. The maximum absolute atomic E-state index is 14.1. The van der Waals surface area contributed by atoms with Gasteiger partial charge in [0.15, 0.2) is 5.96 Å². The van der Waals surface area contributed by atoms with E-state index in [1.807, 2.05) is 0 Å². The number of nitrogens with zero attached hydrogens (tertiary/aromatic N) is 1. The van der Waals surface area contributed by atoms with Crippen molar-refractivity contribution in [3.8, 4) is 0 Å². The molecule has 0 radical (unpaired) electrons. The maximum atomic E-state index is 14.1. The average Bonchev–Trinajstić information content (AvgIpc) is 3.29. The lowest BCUT2D eigenvalue weighted by Crippen LogP contribution is -2.62. The summed E-state index contributed by atoms with van der Waals surface area (Å²) in [7, 11) is 0. The first-order valence-corrected chi connectivity index (χ1v) is 24.2. The van der Waals surface area contributed by atoms with Gasteiger partial charge >= 0.3 is 17.9 Å². The Morgan fingerprint density at radius 2 is 0.932 bits per heavy atom. The summed E-state index contributed by atoms with van der Waals surface area (Å²) in [5.41, 5.74) is 21.8. The third-order valence-electron chi connectivity index (χ3n) is 11.4. The van der Waals surface area contributed by atoms with E-state index in [-0.39, 0.29) is 50.5 Å². The van der Waals surface area contributed by atoms with Gasteiger partial charge in [-0.05, 0) is 70.1 Å². The molecular formula is C45H79N13O16. The van der Waals surface area contributed by atoms with E-state index in [1.54, 1.807) is 27.7 Å². The summed E-state index contributed by atoms with van der Waals surface area (Å²) in [6, 6.07) is -13.4. The molecule has 0 spiro atoms. The van der Waals surface area contributed by atoms with Gasteiger partial charge in [0.1, 0.15) is 48.3 Å². The van der Waals surface area contributed by atoms with Crippen molar-refractivity contribution in [2.45, 2.75) is 180 Å². The molecule has 0 aliphatic rings. The smallest absolute Gasteiger partial charge is 0.326 e. The highest BCUT2D eigenvalue weighted by Gasteiger charge is 2.37. The number of amides is 9. The third kappa shape index (κ3) is 26.0. The molecule has 0 fully saturated rings. The number of carbonyl (C=O) groups excluding carboxylic acids is 9. The number of primary amides is 1. The van der Waals surface area contributed by atoms with Gasteiger partial charge in [0, 0.05) is 25.8 Å². The number of hydrogen-bond donors (Lipinski definition) is 16. The van der Waals surface area contributed by atoms with Crippen LogP contribution in [0.25, 0.3) is 0 Å². The summed E-state index contributed by atoms with van der Waals surface area (Å²) in [6.07, 6.45) is -4.30. The molecule has 0 heterocycles. The molecule has 0 bridgehead atoms. The van der Waals surface area contributed by atoms with Gasteiger partial charge < -0.3 is 85.9 Å². The van der Waals surface area contributed by atoms with E-state index in [1.165, 1.54) is 20.8 Å². The predicted octanol–water partition coefficient (Wildman–Crippen LogP) is -4.53. The number of aliphatic hydroxyl groups excluding tert-OH is 1. The second-order valence-electron chi connectivity index (χ2n) is 18.7. The van der Waals surface area contributed by atoms with Gasteiger partial charge in [-0.25, -0.2) is 4.79 Å². The van der Waals surface area contributed by atoms with Crippen LogP contribution in [-0.2, 0) is 57.5 Å². The van der Waals surface area contributed by atoms with Crippen LogP contribution in [0.15, 0.2) is 4.99 Å². The predicted molar refractivity (Wildman–Crippen MR) is 264 cm³/mol. The van der Waals surface area contributed by atoms with E-state index in [4.69, 9.17) is 22.9 Å². The second-order valence-corrected chi connectivity index (χ2v) is 18.7. The number of guanidine groups is 1. The standard InChI is InChI=1S/C45H79N13O16/c1-9-22(6)34(57-36(65)23(7)51-37(66)25(46)12-15-30(47)60)42(71)53-26(11-10-18-50-45(48)49)38(67)52-28(14-17-32(63)64)40(69)58-35(24(8)59)43(72)56-33(21(4)5)41(70)54-27(13-16-31(61)62)39(68)55-29(44(73)74)19-20(2)3/h20-29,33-35,59H,9-19,46H2,1-8H3,(H2,47,60)(H,51,66)(H,52,67)(H,53,71)(H,54,70)(H,55,68)(H,56,72)(H,57,65)(H,58,69)(H,61,62)(H,63,64)(H,73,74)(H4,48,49,50)/t22-,23-,24+,25-,26-,27-,28-,29-,33-,34-,35-/m0/s1. The van der Waals surface area contributed by atoms with Gasteiger partial charge in [-0.15, -0.1) is 0 Å². The minimum atomic E-state index is -1.90. The molecule has 29 nitrogen and oxygen atoms in total. The van der Waals surface area contributed by atoms with E-state index in [0.29, 0.717) is 6.42 Å². The Bertz CT molecular complexity index is 2000. The Morgan fingerprint density at radius 1 is 0.500 bits per heavy atom. The van der Waals surface area contributed by atoms with E-state index >= 15 is 0 Å². The molecule has 0 aromatic heterocycles. The molecule has 74 heavy (non-hydrogen) atoms. The number of aliphatic carboxylic acids is 3.